The van der Waals surface area contributed by atoms with E-state index in [2.05, 4.69) is 20.6 Å². The van der Waals surface area contributed by atoms with Gasteiger partial charge in [-0.25, -0.2) is 18.7 Å². The quantitative estimate of drug-likeness (QED) is 0.481. The minimum Gasteiger partial charge on any atom is -0.493 e. The van der Waals surface area contributed by atoms with E-state index in [0.717, 1.165) is 6.07 Å². The Kier molecular flexibility index (Phi) is 6.24. The van der Waals surface area contributed by atoms with Crippen LogP contribution in [0.3, 0.4) is 0 Å². The van der Waals surface area contributed by atoms with Crippen molar-refractivity contribution >= 4 is 39.9 Å². The second-order valence-electron chi connectivity index (χ2n) is 7.26. The number of primary amides is 1. The number of hydrogen-bond acceptors (Lipinski definition) is 7. The van der Waals surface area contributed by atoms with Crippen molar-refractivity contribution < 1.29 is 23.0 Å². The Morgan fingerprint density at radius 3 is 2.84 bits per heavy atom. The Bertz CT molecular complexity index is 1180. The summed E-state index contributed by atoms with van der Waals surface area (Å²) in [6.07, 6.45) is 2.11. The lowest BCUT2D eigenvalue weighted by Gasteiger charge is -2.29. The molecule has 3 aromatic rings. The Hall–Kier alpha value is -3.24. The zero-order chi connectivity index (χ0) is 22.8. The van der Waals surface area contributed by atoms with Gasteiger partial charge in [0.25, 0.3) is 0 Å². The van der Waals surface area contributed by atoms with E-state index in [4.69, 9.17) is 26.8 Å². The number of carbonyl (C=O) groups excluding carboxylic acids is 1. The van der Waals surface area contributed by atoms with Gasteiger partial charge in [-0.05, 0) is 31.2 Å². The zero-order valence-electron chi connectivity index (χ0n) is 17.0. The molecule has 1 aromatic heterocycles. The number of rotatable bonds is 6. The Labute approximate surface area is 187 Å². The highest BCUT2D eigenvalue weighted by molar-refractivity contribution is 6.31. The van der Waals surface area contributed by atoms with Crippen LogP contribution in [0.5, 0.6) is 11.5 Å². The van der Waals surface area contributed by atoms with Crippen molar-refractivity contribution in [2.75, 3.05) is 19.0 Å². The average molecular weight is 464 g/mol. The first-order valence-corrected chi connectivity index (χ1v) is 10.2. The van der Waals surface area contributed by atoms with E-state index in [1.54, 1.807) is 12.1 Å². The van der Waals surface area contributed by atoms with Gasteiger partial charge in [0, 0.05) is 17.9 Å². The summed E-state index contributed by atoms with van der Waals surface area (Å²) in [5.41, 5.74) is 5.88. The molecule has 32 heavy (non-hydrogen) atoms. The highest BCUT2D eigenvalue weighted by Gasteiger charge is 2.27. The fraction of sp³-hybridized carbons (Fsp3) is 0.286. The second kappa shape index (κ2) is 9.09. The van der Waals surface area contributed by atoms with Crippen molar-refractivity contribution in [3.8, 4) is 11.5 Å². The summed E-state index contributed by atoms with van der Waals surface area (Å²) in [4.78, 5) is 19.9. The molecular formula is C21H20ClF2N5O3. The van der Waals surface area contributed by atoms with Gasteiger partial charge in [-0.1, -0.05) is 11.6 Å². The molecule has 0 spiro atoms. The van der Waals surface area contributed by atoms with Crippen LogP contribution >= 0.6 is 11.6 Å². The third-order valence-electron chi connectivity index (χ3n) is 5.20. The topological polar surface area (TPSA) is 111 Å². The van der Waals surface area contributed by atoms with Crippen LogP contribution in [0.15, 0.2) is 30.6 Å². The number of methoxy groups -OCH3 is 1. The predicted molar refractivity (Wildman–Crippen MR) is 115 cm³/mol. The van der Waals surface area contributed by atoms with Gasteiger partial charge < -0.3 is 25.8 Å². The minimum atomic E-state index is -0.935. The molecule has 4 N–H and O–H groups in total. The first kappa shape index (κ1) is 22.0. The molecule has 168 valence electrons. The molecule has 4 rings (SSSR count). The number of nitrogens with one attached hydrogen (secondary N) is 2. The molecule has 0 saturated carbocycles. The lowest BCUT2D eigenvalue weighted by Crippen LogP contribution is -2.49. The van der Waals surface area contributed by atoms with Crippen LogP contribution in [-0.2, 0) is 4.79 Å². The van der Waals surface area contributed by atoms with Crippen molar-refractivity contribution in [2.45, 2.75) is 25.0 Å². The van der Waals surface area contributed by atoms with E-state index >= 15 is 0 Å². The van der Waals surface area contributed by atoms with Crippen LogP contribution in [0.4, 0.5) is 20.3 Å². The van der Waals surface area contributed by atoms with E-state index in [1.807, 2.05) is 0 Å². The van der Waals surface area contributed by atoms with E-state index < -0.39 is 28.6 Å². The molecule has 1 saturated heterocycles. The van der Waals surface area contributed by atoms with Crippen LogP contribution in [-0.4, -0.2) is 41.7 Å². The molecule has 2 heterocycles. The van der Waals surface area contributed by atoms with Crippen molar-refractivity contribution in [1.82, 2.24) is 15.3 Å². The number of benzene rings is 2. The van der Waals surface area contributed by atoms with Crippen LogP contribution < -0.4 is 25.8 Å². The fourth-order valence-corrected chi connectivity index (χ4v) is 3.72. The van der Waals surface area contributed by atoms with Gasteiger partial charge in [0.2, 0.25) is 5.91 Å². The number of piperidine rings is 1. The smallest absolute Gasteiger partial charge is 0.234 e. The van der Waals surface area contributed by atoms with Crippen molar-refractivity contribution in [3.63, 3.8) is 0 Å². The summed E-state index contributed by atoms with van der Waals surface area (Å²) >= 11 is 5.68. The average Bonchev–Trinajstić information content (AvgIpc) is 2.79. The molecule has 1 aliphatic rings. The standard InChI is InChI=1S/C21H20ClF2N5O3/c1-31-16-8-14-11(7-17(16)32-10-4-5-26-15(6-10)20(25)30)21(28-9-27-14)29-13-3-2-12(23)18(22)19(13)24/h2-3,7-10,15,26H,4-6H2,1H3,(H2,25,30)(H,27,28,29)/t10-,15-/m0/s1. The van der Waals surface area contributed by atoms with E-state index in [9.17, 15) is 13.6 Å². The monoisotopic (exact) mass is 463 g/mol. The van der Waals surface area contributed by atoms with Gasteiger partial charge in [0.1, 0.15) is 29.1 Å². The Morgan fingerprint density at radius 1 is 1.28 bits per heavy atom. The number of carbonyl (C=O) groups is 1. The normalized spacial score (nSPS) is 18.4. The highest BCUT2D eigenvalue weighted by atomic mass is 35.5. The van der Waals surface area contributed by atoms with Crippen molar-refractivity contribution in [2.24, 2.45) is 5.73 Å². The fourth-order valence-electron chi connectivity index (χ4n) is 3.55. The highest BCUT2D eigenvalue weighted by Crippen LogP contribution is 2.37. The van der Waals surface area contributed by atoms with E-state index in [1.165, 1.54) is 19.5 Å². The van der Waals surface area contributed by atoms with Crippen molar-refractivity contribution in [1.29, 1.82) is 0 Å². The van der Waals surface area contributed by atoms with Gasteiger partial charge in [-0.2, -0.15) is 0 Å². The third-order valence-corrected chi connectivity index (χ3v) is 5.55. The molecule has 2 aromatic carbocycles. The largest absolute Gasteiger partial charge is 0.493 e. The number of aromatic nitrogens is 2. The summed E-state index contributed by atoms with van der Waals surface area (Å²) in [6.45, 7) is 0.578. The van der Waals surface area contributed by atoms with E-state index in [0.29, 0.717) is 41.8 Å². The first-order chi connectivity index (χ1) is 15.4. The SMILES string of the molecule is COc1cc2ncnc(Nc3ccc(F)c(Cl)c3F)c2cc1O[C@H]1CCN[C@H](C(N)=O)C1. The maximum atomic E-state index is 14.4. The van der Waals surface area contributed by atoms with Crippen LogP contribution in [0.25, 0.3) is 10.9 Å². The zero-order valence-corrected chi connectivity index (χ0v) is 17.7. The number of ether oxygens (including phenoxy) is 2. The molecule has 11 heteroatoms. The molecule has 0 radical (unpaired) electrons. The summed E-state index contributed by atoms with van der Waals surface area (Å²) in [5.74, 6) is -1.12. The summed E-state index contributed by atoms with van der Waals surface area (Å²) in [5, 5.41) is 5.78. The van der Waals surface area contributed by atoms with Crippen LogP contribution in [0.2, 0.25) is 5.02 Å². The summed E-state index contributed by atoms with van der Waals surface area (Å²) in [6, 6.07) is 5.14. The van der Waals surface area contributed by atoms with Gasteiger partial charge in [0.15, 0.2) is 17.3 Å². The molecule has 1 amide bonds. The first-order valence-electron chi connectivity index (χ1n) is 9.80. The molecule has 0 aliphatic carbocycles. The maximum absolute atomic E-state index is 14.4. The predicted octanol–water partition coefficient (Wildman–Crippen LogP) is 3.30. The summed E-state index contributed by atoms with van der Waals surface area (Å²) < 4.78 is 39.5. The number of hydrogen-bond donors (Lipinski definition) is 3. The summed E-state index contributed by atoms with van der Waals surface area (Å²) in [7, 11) is 1.50. The molecular weight excluding hydrogens is 444 g/mol. The second-order valence-corrected chi connectivity index (χ2v) is 7.64. The third kappa shape index (κ3) is 4.37. The van der Waals surface area contributed by atoms with Gasteiger partial charge in [-0.3, -0.25) is 4.79 Å². The molecule has 0 unspecified atom stereocenters. The Balaban J connectivity index is 1.69. The molecule has 1 fully saturated rings. The lowest BCUT2D eigenvalue weighted by atomic mass is 10.0. The van der Waals surface area contributed by atoms with Crippen LogP contribution in [0.1, 0.15) is 12.8 Å². The number of anilines is 2. The minimum absolute atomic E-state index is 0.0441. The van der Waals surface area contributed by atoms with Crippen molar-refractivity contribution in [3.05, 3.63) is 47.2 Å². The number of halogens is 3. The van der Waals surface area contributed by atoms with Gasteiger partial charge in [-0.15, -0.1) is 0 Å². The van der Waals surface area contributed by atoms with Gasteiger partial charge >= 0.3 is 0 Å². The van der Waals surface area contributed by atoms with Gasteiger partial charge in [0.05, 0.1) is 24.4 Å². The molecule has 0 bridgehead atoms. The Morgan fingerprint density at radius 2 is 2.09 bits per heavy atom. The lowest BCUT2D eigenvalue weighted by molar-refractivity contribution is -0.121. The molecule has 2 atom stereocenters. The number of amides is 1. The number of nitrogens with two attached hydrogens (primary N) is 1. The maximum Gasteiger partial charge on any atom is 0.234 e. The molecule has 1 aliphatic heterocycles. The van der Waals surface area contributed by atoms with Crippen LogP contribution in [0, 0.1) is 11.6 Å². The number of nitrogens with zero attached hydrogens (tertiary/aromatic N) is 2. The number of fused-ring (bicyclic) bond motifs is 1. The molecule has 8 nitrogen and oxygen atoms in total. The van der Waals surface area contributed by atoms with E-state index in [-0.39, 0.29) is 17.6 Å².